The molecule has 1 amide bonds. The molecule has 0 spiro atoms. The molecule has 1 fully saturated rings. The van der Waals surface area contributed by atoms with Crippen LogP contribution in [0.4, 0.5) is 0 Å². The Balaban J connectivity index is 1.51. The largest absolute Gasteiger partial charge is 0.497 e. The highest BCUT2D eigenvalue weighted by atomic mass is 16.5. The van der Waals surface area contributed by atoms with Crippen LogP contribution in [0.5, 0.6) is 5.75 Å². The summed E-state index contributed by atoms with van der Waals surface area (Å²) >= 11 is 0. The van der Waals surface area contributed by atoms with Crippen LogP contribution < -0.4 is 4.74 Å². The topological polar surface area (TPSA) is 47.4 Å². The predicted molar refractivity (Wildman–Crippen MR) is 99.5 cm³/mol. The van der Waals surface area contributed by atoms with Crippen molar-refractivity contribution >= 4 is 5.91 Å². The standard InChI is InChI=1S/C21H21N3O2/c1-26-20-10-2-16(3-11-20)14-24(19-8-9-19)21(25)17-4-6-18(7-5-17)23-13-12-22-15-23/h2-7,10-13,15,19H,8-9,14H2,1H3. The number of methoxy groups -OCH3 is 1. The van der Waals surface area contributed by atoms with E-state index in [9.17, 15) is 4.79 Å². The lowest BCUT2D eigenvalue weighted by molar-refractivity contribution is 0.0730. The maximum Gasteiger partial charge on any atom is 0.254 e. The van der Waals surface area contributed by atoms with Gasteiger partial charge in [0, 0.05) is 36.2 Å². The van der Waals surface area contributed by atoms with Crippen LogP contribution in [0.25, 0.3) is 5.69 Å². The average molecular weight is 347 g/mol. The van der Waals surface area contributed by atoms with Crippen molar-refractivity contribution in [2.45, 2.75) is 25.4 Å². The van der Waals surface area contributed by atoms with Crippen molar-refractivity contribution in [2.75, 3.05) is 7.11 Å². The minimum Gasteiger partial charge on any atom is -0.497 e. The molecule has 2 aromatic carbocycles. The SMILES string of the molecule is COc1ccc(CN(C(=O)c2ccc(-n3ccnc3)cc2)C2CC2)cc1. The fraction of sp³-hybridized carbons (Fsp3) is 0.238. The number of carbonyl (C=O) groups is 1. The van der Waals surface area contributed by atoms with Crippen molar-refractivity contribution in [1.29, 1.82) is 0 Å². The third-order valence-corrected chi connectivity index (χ3v) is 4.68. The summed E-state index contributed by atoms with van der Waals surface area (Å²) in [5, 5.41) is 0. The van der Waals surface area contributed by atoms with Crippen molar-refractivity contribution in [3.05, 3.63) is 78.4 Å². The third-order valence-electron chi connectivity index (χ3n) is 4.68. The molecule has 0 atom stereocenters. The number of aromatic nitrogens is 2. The van der Waals surface area contributed by atoms with Crippen LogP contribution >= 0.6 is 0 Å². The lowest BCUT2D eigenvalue weighted by Gasteiger charge is -2.23. The Morgan fingerprint density at radius 3 is 2.46 bits per heavy atom. The summed E-state index contributed by atoms with van der Waals surface area (Å²) < 4.78 is 7.13. The molecular weight excluding hydrogens is 326 g/mol. The van der Waals surface area contributed by atoms with Gasteiger partial charge >= 0.3 is 0 Å². The Kier molecular flexibility index (Phi) is 4.44. The van der Waals surface area contributed by atoms with E-state index < -0.39 is 0 Å². The maximum atomic E-state index is 13.0. The lowest BCUT2D eigenvalue weighted by Crippen LogP contribution is -2.32. The van der Waals surface area contributed by atoms with Gasteiger partial charge in [-0.25, -0.2) is 4.98 Å². The summed E-state index contributed by atoms with van der Waals surface area (Å²) in [6.07, 6.45) is 7.53. The molecule has 0 N–H and O–H groups in total. The summed E-state index contributed by atoms with van der Waals surface area (Å²) in [6, 6.07) is 15.9. The first-order valence-electron chi connectivity index (χ1n) is 8.77. The van der Waals surface area contributed by atoms with Crippen LogP contribution in [-0.2, 0) is 6.54 Å². The van der Waals surface area contributed by atoms with E-state index in [0.717, 1.165) is 29.8 Å². The van der Waals surface area contributed by atoms with Crippen LogP contribution in [0.15, 0.2) is 67.3 Å². The molecule has 1 aromatic heterocycles. The zero-order chi connectivity index (χ0) is 17.9. The molecule has 1 aliphatic carbocycles. The number of amides is 1. The van der Waals surface area contributed by atoms with Gasteiger partial charge in [-0.1, -0.05) is 12.1 Å². The molecule has 1 saturated carbocycles. The molecule has 132 valence electrons. The molecule has 3 aromatic rings. The van der Waals surface area contributed by atoms with E-state index >= 15 is 0 Å². The lowest BCUT2D eigenvalue weighted by atomic mass is 10.1. The molecule has 1 heterocycles. The van der Waals surface area contributed by atoms with Gasteiger partial charge in [0.25, 0.3) is 5.91 Å². The summed E-state index contributed by atoms with van der Waals surface area (Å²) in [6.45, 7) is 0.622. The smallest absolute Gasteiger partial charge is 0.254 e. The van der Waals surface area contributed by atoms with Gasteiger partial charge in [0.2, 0.25) is 0 Å². The highest BCUT2D eigenvalue weighted by Crippen LogP contribution is 2.30. The molecule has 0 unspecified atom stereocenters. The number of benzene rings is 2. The van der Waals surface area contributed by atoms with Gasteiger partial charge in [0.1, 0.15) is 5.75 Å². The van der Waals surface area contributed by atoms with E-state index in [-0.39, 0.29) is 5.91 Å². The number of nitrogens with zero attached hydrogens (tertiary/aromatic N) is 3. The Bertz CT molecular complexity index is 867. The van der Waals surface area contributed by atoms with E-state index in [2.05, 4.69) is 4.98 Å². The van der Waals surface area contributed by atoms with Gasteiger partial charge in [0.15, 0.2) is 0 Å². The molecule has 0 radical (unpaired) electrons. The predicted octanol–water partition coefficient (Wildman–Crippen LogP) is 3.69. The second-order valence-corrected chi connectivity index (χ2v) is 6.53. The second kappa shape index (κ2) is 7.04. The molecular formula is C21H21N3O2. The molecule has 5 nitrogen and oxygen atoms in total. The summed E-state index contributed by atoms with van der Waals surface area (Å²) in [4.78, 5) is 19.1. The number of hydrogen-bond acceptors (Lipinski definition) is 3. The molecule has 0 saturated heterocycles. The number of hydrogen-bond donors (Lipinski definition) is 0. The monoisotopic (exact) mass is 347 g/mol. The third kappa shape index (κ3) is 3.47. The Morgan fingerprint density at radius 1 is 1.15 bits per heavy atom. The van der Waals surface area contributed by atoms with Crippen LogP contribution in [0.3, 0.4) is 0 Å². The number of imidazole rings is 1. The molecule has 0 aliphatic heterocycles. The Morgan fingerprint density at radius 2 is 1.88 bits per heavy atom. The minimum atomic E-state index is 0.0838. The number of rotatable bonds is 6. The quantitative estimate of drug-likeness (QED) is 0.683. The molecule has 5 heteroatoms. The van der Waals surface area contributed by atoms with E-state index in [4.69, 9.17) is 4.74 Å². The zero-order valence-electron chi connectivity index (χ0n) is 14.7. The van der Waals surface area contributed by atoms with Gasteiger partial charge in [0.05, 0.1) is 13.4 Å². The van der Waals surface area contributed by atoms with Crippen molar-refractivity contribution in [3.63, 3.8) is 0 Å². The first kappa shape index (κ1) is 16.4. The highest BCUT2D eigenvalue weighted by Gasteiger charge is 2.33. The summed E-state index contributed by atoms with van der Waals surface area (Å²) in [7, 11) is 1.66. The van der Waals surface area contributed by atoms with E-state index in [1.807, 2.05) is 64.2 Å². The Hall–Kier alpha value is -3.08. The van der Waals surface area contributed by atoms with Crippen molar-refractivity contribution in [1.82, 2.24) is 14.5 Å². The van der Waals surface area contributed by atoms with E-state index in [1.54, 1.807) is 19.6 Å². The van der Waals surface area contributed by atoms with Crippen molar-refractivity contribution < 1.29 is 9.53 Å². The van der Waals surface area contributed by atoms with E-state index in [1.165, 1.54) is 0 Å². The first-order valence-corrected chi connectivity index (χ1v) is 8.77. The molecule has 4 rings (SSSR count). The highest BCUT2D eigenvalue weighted by molar-refractivity contribution is 5.94. The molecule has 0 bridgehead atoms. The van der Waals surface area contributed by atoms with Crippen LogP contribution in [0.1, 0.15) is 28.8 Å². The van der Waals surface area contributed by atoms with Crippen LogP contribution in [0.2, 0.25) is 0 Å². The fourth-order valence-electron chi connectivity index (χ4n) is 3.03. The first-order chi connectivity index (χ1) is 12.7. The van der Waals surface area contributed by atoms with Crippen molar-refractivity contribution in [3.8, 4) is 11.4 Å². The van der Waals surface area contributed by atoms with Gasteiger partial charge < -0.3 is 14.2 Å². The summed E-state index contributed by atoms with van der Waals surface area (Å²) in [5.41, 5.74) is 2.82. The van der Waals surface area contributed by atoms with Crippen LogP contribution in [0, 0.1) is 0 Å². The van der Waals surface area contributed by atoms with Crippen molar-refractivity contribution in [2.24, 2.45) is 0 Å². The summed E-state index contributed by atoms with van der Waals surface area (Å²) in [5.74, 6) is 0.911. The van der Waals surface area contributed by atoms with Gasteiger partial charge in [-0.3, -0.25) is 4.79 Å². The zero-order valence-corrected chi connectivity index (χ0v) is 14.7. The van der Waals surface area contributed by atoms with Gasteiger partial charge in [-0.2, -0.15) is 0 Å². The second-order valence-electron chi connectivity index (χ2n) is 6.53. The average Bonchev–Trinajstić information content (AvgIpc) is 3.39. The minimum absolute atomic E-state index is 0.0838. The number of carbonyl (C=O) groups excluding carboxylic acids is 1. The van der Waals surface area contributed by atoms with Crippen LogP contribution in [-0.4, -0.2) is 33.5 Å². The fourth-order valence-corrected chi connectivity index (χ4v) is 3.03. The number of ether oxygens (including phenoxy) is 1. The molecule has 26 heavy (non-hydrogen) atoms. The van der Waals surface area contributed by atoms with E-state index in [0.29, 0.717) is 18.2 Å². The van der Waals surface area contributed by atoms with Gasteiger partial charge in [-0.05, 0) is 54.8 Å². The Labute approximate surface area is 152 Å². The van der Waals surface area contributed by atoms with Gasteiger partial charge in [-0.15, -0.1) is 0 Å². The normalized spacial score (nSPS) is 13.4. The molecule has 1 aliphatic rings. The maximum absolute atomic E-state index is 13.0.